The third-order valence-electron chi connectivity index (χ3n) is 1.88. The van der Waals surface area contributed by atoms with Crippen LogP contribution in [0.4, 0.5) is 4.39 Å². The minimum absolute atomic E-state index is 0.00287. The van der Waals surface area contributed by atoms with E-state index in [0.29, 0.717) is 5.69 Å². The first-order valence-electron chi connectivity index (χ1n) is 3.61. The molecule has 1 aromatic heterocycles. The fourth-order valence-electron chi connectivity index (χ4n) is 1.36. The zero-order chi connectivity index (χ0) is 8.72. The van der Waals surface area contributed by atoms with Gasteiger partial charge in [-0.15, -0.1) is 0 Å². The highest BCUT2D eigenvalue weighted by Crippen LogP contribution is 2.17. The number of carbonyl (C=O) groups is 1. The normalized spacial score (nSPS) is 20.9. The molecule has 0 spiro atoms. The molecule has 5 heteroatoms. The van der Waals surface area contributed by atoms with E-state index in [1.165, 1.54) is 10.7 Å². The Morgan fingerprint density at radius 1 is 1.83 bits per heavy atom. The molecule has 64 valence electrons. The van der Waals surface area contributed by atoms with Crippen molar-refractivity contribution in [3.63, 3.8) is 0 Å². The Kier molecular flexibility index (Phi) is 1.39. The topological polar surface area (TPSA) is 55.1 Å². The zero-order valence-corrected chi connectivity index (χ0v) is 6.20. The smallest absolute Gasteiger partial charge is 0.356 e. The van der Waals surface area contributed by atoms with E-state index in [9.17, 15) is 9.18 Å². The lowest BCUT2D eigenvalue weighted by Gasteiger charge is -1.93. The largest absolute Gasteiger partial charge is 0.476 e. The maximum atomic E-state index is 12.7. The van der Waals surface area contributed by atoms with Crippen LogP contribution in [0, 0.1) is 0 Å². The third kappa shape index (κ3) is 0.975. The van der Waals surface area contributed by atoms with E-state index in [0.717, 1.165) is 0 Å². The fourth-order valence-corrected chi connectivity index (χ4v) is 1.36. The van der Waals surface area contributed by atoms with Crippen LogP contribution in [0.2, 0.25) is 0 Å². The molecular formula is C7H7FN2O2. The summed E-state index contributed by atoms with van der Waals surface area (Å²) in [6, 6.07) is 1.42. The average molecular weight is 170 g/mol. The Bertz CT molecular complexity index is 311. The van der Waals surface area contributed by atoms with Gasteiger partial charge in [-0.1, -0.05) is 0 Å². The molecular weight excluding hydrogens is 163 g/mol. The van der Waals surface area contributed by atoms with Gasteiger partial charge in [0.2, 0.25) is 0 Å². The highest BCUT2D eigenvalue weighted by Gasteiger charge is 2.24. The summed E-state index contributed by atoms with van der Waals surface area (Å²) in [7, 11) is 0. The number of rotatable bonds is 1. The third-order valence-corrected chi connectivity index (χ3v) is 1.88. The van der Waals surface area contributed by atoms with Gasteiger partial charge in [-0.25, -0.2) is 9.18 Å². The highest BCUT2D eigenvalue weighted by atomic mass is 19.1. The molecule has 1 N–H and O–H groups in total. The molecule has 1 atom stereocenters. The van der Waals surface area contributed by atoms with Crippen molar-refractivity contribution < 1.29 is 14.3 Å². The number of hydrogen-bond acceptors (Lipinski definition) is 2. The second-order valence-corrected chi connectivity index (χ2v) is 2.81. The Balaban J connectivity index is 2.34. The van der Waals surface area contributed by atoms with Gasteiger partial charge < -0.3 is 5.11 Å². The van der Waals surface area contributed by atoms with E-state index in [1.807, 2.05) is 0 Å². The van der Waals surface area contributed by atoms with Gasteiger partial charge in [-0.3, -0.25) is 4.68 Å². The van der Waals surface area contributed by atoms with Crippen LogP contribution in [-0.2, 0) is 13.0 Å². The predicted octanol–water partition coefficient (Wildman–Crippen LogP) is 0.475. The molecule has 0 unspecified atom stereocenters. The van der Waals surface area contributed by atoms with E-state index < -0.39 is 12.1 Å². The Labute approximate surface area is 67.6 Å². The van der Waals surface area contributed by atoms with Gasteiger partial charge in [0.15, 0.2) is 5.69 Å². The van der Waals surface area contributed by atoms with Gasteiger partial charge in [0, 0.05) is 12.1 Å². The SMILES string of the molecule is O=C(O)c1cc2n(n1)C[C@@H](F)C2. The van der Waals surface area contributed by atoms with Crippen LogP contribution in [0.1, 0.15) is 16.2 Å². The molecule has 0 amide bonds. The number of aromatic nitrogens is 2. The van der Waals surface area contributed by atoms with Crippen LogP contribution in [0.25, 0.3) is 0 Å². The Morgan fingerprint density at radius 2 is 2.58 bits per heavy atom. The molecule has 1 aliphatic heterocycles. The Hall–Kier alpha value is -1.39. The lowest BCUT2D eigenvalue weighted by atomic mass is 10.2. The van der Waals surface area contributed by atoms with E-state index in [2.05, 4.69) is 5.10 Å². The van der Waals surface area contributed by atoms with E-state index in [-0.39, 0.29) is 18.7 Å². The van der Waals surface area contributed by atoms with Crippen molar-refractivity contribution in [2.24, 2.45) is 0 Å². The van der Waals surface area contributed by atoms with Crippen molar-refractivity contribution in [1.82, 2.24) is 9.78 Å². The van der Waals surface area contributed by atoms with E-state index >= 15 is 0 Å². The molecule has 4 nitrogen and oxygen atoms in total. The number of alkyl halides is 1. The van der Waals surface area contributed by atoms with Gasteiger partial charge in [0.05, 0.1) is 6.54 Å². The molecule has 0 saturated heterocycles. The number of fused-ring (bicyclic) bond motifs is 1. The van der Waals surface area contributed by atoms with Crippen molar-refractivity contribution in [1.29, 1.82) is 0 Å². The molecule has 0 saturated carbocycles. The highest BCUT2D eigenvalue weighted by molar-refractivity contribution is 5.85. The molecule has 0 aliphatic carbocycles. The van der Waals surface area contributed by atoms with Gasteiger partial charge in [0.25, 0.3) is 0 Å². The second-order valence-electron chi connectivity index (χ2n) is 2.81. The molecule has 0 radical (unpaired) electrons. The van der Waals surface area contributed by atoms with Gasteiger partial charge in [-0.05, 0) is 6.07 Å². The number of carboxylic acid groups (broad SMARTS) is 1. The minimum atomic E-state index is -1.06. The first kappa shape index (κ1) is 7.27. The van der Waals surface area contributed by atoms with Crippen molar-refractivity contribution in [2.45, 2.75) is 19.1 Å². The van der Waals surface area contributed by atoms with Crippen molar-refractivity contribution >= 4 is 5.97 Å². The molecule has 2 rings (SSSR count). The van der Waals surface area contributed by atoms with Gasteiger partial charge in [-0.2, -0.15) is 5.10 Å². The van der Waals surface area contributed by atoms with E-state index in [1.54, 1.807) is 0 Å². The van der Waals surface area contributed by atoms with Gasteiger partial charge in [0.1, 0.15) is 6.17 Å². The zero-order valence-electron chi connectivity index (χ0n) is 6.20. The summed E-state index contributed by atoms with van der Waals surface area (Å²) < 4.78 is 14.1. The molecule has 2 heterocycles. The van der Waals surface area contributed by atoms with Crippen molar-refractivity contribution in [3.8, 4) is 0 Å². The average Bonchev–Trinajstić information content (AvgIpc) is 2.42. The standard InChI is InChI=1S/C7H7FN2O2/c8-4-1-5-2-6(7(11)12)9-10(5)3-4/h2,4H,1,3H2,(H,11,12)/t4-/m0/s1. The number of carboxylic acids is 1. The lowest BCUT2D eigenvalue weighted by Crippen LogP contribution is -2.06. The lowest BCUT2D eigenvalue weighted by molar-refractivity contribution is 0.0689. The second kappa shape index (κ2) is 2.30. The molecule has 1 aromatic rings. The van der Waals surface area contributed by atoms with E-state index in [4.69, 9.17) is 5.11 Å². The number of hydrogen-bond donors (Lipinski definition) is 1. The Morgan fingerprint density at radius 3 is 3.17 bits per heavy atom. The molecule has 12 heavy (non-hydrogen) atoms. The summed E-state index contributed by atoms with van der Waals surface area (Å²) >= 11 is 0. The van der Waals surface area contributed by atoms with Crippen molar-refractivity contribution in [2.75, 3.05) is 0 Å². The quantitative estimate of drug-likeness (QED) is 0.666. The monoisotopic (exact) mass is 170 g/mol. The van der Waals surface area contributed by atoms with Crippen molar-refractivity contribution in [3.05, 3.63) is 17.5 Å². The number of halogens is 1. The van der Waals surface area contributed by atoms with Gasteiger partial charge >= 0.3 is 5.97 Å². The summed E-state index contributed by atoms with van der Waals surface area (Å²) in [5.41, 5.74) is 0.664. The van der Waals surface area contributed by atoms with Crippen LogP contribution in [0.5, 0.6) is 0 Å². The van der Waals surface area contributed by atoms with Crippen LogP contribution in [0.15, 0.2) is 6.07 Å². The van der Waals surface area contributed by atoms with Crippen LogP contribution < -0.4 is 0 Å². The fraction of sp³-hybridized carbons (Fsp3) is 0.429. The first-order valence-corrected chi connectivity index (χ1v) is 3.61. The molecule has 0 fully saturated rings. The maximum absolute atomic E-state index is 12.7. The number of aromatic carboxylic acids is 1. The minimum Gasteiger partial charge on any atom is -0.476 e. The summed E-state index contributed by atoms with van der Waals surface area (Å²) in [4.78, 5) is 10.4. The summed E-state index contributed by atoms with van der Waals surface area (Å²) in [5.74, 6) is -1.06. The summed E-state index contributed by atoms with van der Waals surface area (Å²) in [6.45, 7) is 0.183. The molecule has 1 aliphatic rings. The molecule has 0 bridgehead atoms. The van der Waals surface area contributed by atoms with Crippen LogP contribution >= 0.6 is 0 Å². The maximum Gasteiger partial charge on any atom is 0.356 e. The number of nitrogens with zero attached hydrogens (tertiary/aromatic N) is 2. The first-order chi connectivity index (χ1) is 5.66. The summed E-state index contributed by atoms with van der Waals surface area (Å²) in [5, 5.41) is 12.3. The molecule has 0 aromatic carbocycles. The van der Waals surface area contributed by atoms with Crippen LogP contribution in [0.3, 0.4) is 0 Å². The predicted molar refractivity (Wildman–Crippen MR) is 37.8 cm³/mol. The summed E-state index contributed by atoms with van der Waals surface area (Å²) in [6.07, 6.45) is -0.629. The van der Waals surface area contributed by atoms with Crippen LogP contribution in [-0.4, -0.2) is 27.0 Å².